The number of aromatic nitrogens is 2. The second-order valence-corrected chi connectivity index (χ2v) is 3.66. The molecule has 0 aliphatic carbocycles. The lowest BCUT2D eigenvalue weighted by molar-refractivity contribution is 0.597. The molecule has 2 N–H and O–H groups in total. The van der Waals surface area contributed by atoms with Gasteiger partial charge in [0.1, 0.15) is 11.6 Å². The summed E-state index contributed by atoms with van der Waals surface area (Å²) in [5.41, 5.74) is 0.0330. The molecule has 0 saturated heterocycles. The lowest BCUT2D eigenvalue weighted by Crippen LogP contribution is -1.96. The zero-order valence-electron chi connectivity index (χ0n) is 7.39. The van der Waals surface area contributed by atoms with Crippen molar-refractivity contribution in [2.75, 3.05) is 5.32 Å². The van der Waals surface area contributed by atoms with E-state index in [-0.39, 0.29) is 10.2 Å². The van der Waals surface area contributed by atoms with Crippen molar-refractivity contribution < 1.29 is 8.78 Å². The fourth-order valence-corrected chi connectivity index (χ4v) is 1.39. The van der Waals surface area contributed by atoms with Crippen molar-refractivity contribution in [3.8, 4) is 0 Å². The molecule has 3 nitrogen and oxygen atoms in total. The first-order valence-electron chi connectivity index (χ1n) is 4.08. The molecule has 1 aromatic heterocycles. The van der Waals surface area contributed by atoms with E-state index in [1.807, 2.05) is 0 Å². The van der Waals surface area contributed by atoms with Crippen LogP contribution in [0.2, 0.25) is 0 Å². The molecule has 0 saturated carbocycles. The number of halogens is 3. The number of rotatable bonds is 2. The molecule has 1 heterocycles. The molecule has 2 rings (SSSR count). The SMILES string of the molecule is Fc1cc(Nc2ncc[nH]2)c(F)cc1Br. The minimum atomic E-state index is -0.556. The van der Waals surface area contributed by atoms with Crippen LogP contribution in [0.4, 0.5) is 20.4 Å². The highest BCUT2D eigenvalue weighted by Gasteiger charge is 2.08. The van der Waals surface area contributed by atoms with Gasteiger partial charge in [0.2, 0.25) is 5.95 Å². The summed E-state index contributed by atoms with van der Waals surface area (Å²) in [7, 11) is 0. The summed E-state index contributed by atoms with van der Waals surface area (Å²) < 4.78 is 26.5. The summed E-state index contributed by atoms with van der Waals surface area (Å²) in [4.78, 5) is 6.56. The summed E-state index contributed by atoms with van der Waals surface area (Å²) in [6, 6.07) is 2.11. The van der Waals surface area contributed by atoms with Crippen LogP contribution in [0.5, 0.6) is 0 Å². The molecule has 1 aromatic carbocycles. The quantitative estimate of drug-likeness (QED) is 0.825. The van der Waals surface area contributed by atoms with Crippen LogP contribution in [0.15, 0.2) is 29.0 Å². The smallest absolute Gasteiger partial charge is 0.204 e. The van der Waals surface area contributed by atoms with E-state index in [0.717, 1.165) is 12.1 Å². The predicted octanol–water partition coefficient (Wildman–Crippen LogP) is 3.19. The number of aromatic amines is 1. The number of hydrogen-bond acceptors (Lipinski definition) is 2. The molecule has 0 unspecified atom stereocenters. The summed E-state index contributed by atoms with van der Waals surface area (Å²) in [5, 5.41) is 2.62. The van der Waals surface area contributed by atoms with Gasteiger partial charge in [0, 0.05) is 18.5 Å². The molecule has 0 fully saturated rings. The Labute approximate surface area is 92.7 Å². The highest BCUT2D eigenvalue weighted by Crippen LogP contribution is 2.24. The van der Waals surface area contributed by atoms with E-state index in [0.29, 0.717) is 5.95 Å². The molecule has 0 spiro atoms. The van der Waals surface area contributed by atoms with Crippen LogP contribution < -0.4 is 5.32 Å². The van der Waals surface area contributed by atoms with E-state index in [4.69, 9.17) is 0 Å². The van der Waals surface area contributed by atoms with Crippen LogP contribution in [0.3, 0.4) is 0 Å². The van der Waals surface area contributed by atoms with Gasteiger partial charge in [-0.1, -0.05) is 0 Å². The molecule has 0 radical (unpaired) electrons. The standard InChI is InChI=1S/C9H6BrF2N3/c10-5-3-7(12)8(4-6(5)11)15-9-13-1-2-14-9/h1-4H,(H2,13,14,15). The van der Waals surface area contributed by atoms with Crippen molar-refractivity contribution in [2.45, 2.75) is 0 Å². The largest absolute Gasteiger partial charge is 0.331 e. The molecule has 0 aliphatic rings. The molecule has 15 heavy (non-hydrogen) atoms. The molecule has 78 valence electrons. The van der Waals surface area contributed by atoms with E-state index < -0.39 is 11.6 Å². The van der Waals surface area contributed by atoms with E-state index in [1.165, 1.54) is 6.20 Å². The first kappa shape index (κ1) is 10.1. The monoisotopic (exact) mass is 273 g/mol. The van der Waals surface area contributed by atoms with Crippen molar-refractivity contribution in [1.29, 1.82) is 0 Å². The molecule has 0 amide bonds. The van der Waals surface area contributed by atoms with E-state index >= 15 is 0 Å². The number of hydrogen-bond donors (Lipinski definition) is 2. The number of nitrogens with zero attached hydrogens (tertiary/aromatic N) is 1. The molecule has 2 aromatic rings. The fourth-order valence-electron chi connectivity index (χ4n) is 1.08. The second kappa shape index (κ2) is 3.98. The summed E-state index contributed by atoms with van der Waals surface area (Å²) in [5.74, 6) is -0.735. The van der Waals surface area contributed by atoms with Crippen LogP contribution in [0.25, 0.3) is 0 Å². The lowest BCUT2D eigenvalue weighted by atomic mass is 10.3. The Hall–Kier alpha value is -1.43. The van der Waals surface area contributed by atoms with Gasteiger partial charge in [-0.05, 0) is 22.0 Å². The molecular formula is C9H6BrF2N3. The van der Waals surface area contributed by atoms with Gasteiger partial charge < -0.3 is 10.3 Å². The summed E-state index contributed by atoms with van der Waals surface area (Å²) in [6.45, 7) is 0. The van der Waals surface area contributed by atoms with Crippen molar-refractivity contribution in [1.82, 2.24) is 9.97 Å². The fraction of sp³-hybridized carbons (Fsp3) is 0. The number of nitrogens with one attached hydrogen (secondary N) is 2. The number of benzene rings is 1. The Morgan fingerprint density at radius 1 is 1.27 bits per heavy atom. The molecular weight excluding hydrogens is 268 g/mol. The predicted molar refractivity (Wildman–Crippen MR) is 55.9 cm³/mol. The third kappa shape index (κ3) is 2.15. The minimum absolute atomic E-state index is 0.0330. The number of H-pyrrole nitrogens is 1. The Kier molecular flexibility index (Phi) is 2.68. The molecule has 0 aliphatic heterocycles. The average Bonchev–Trinajstić information content (AvgIpc) is 2.67. The number of anilines is 2. The Morgan fingerprint density at radius 2 is 2.07 bits per heavy atom. The van der Waals surface area contributed by atoms with E-state index in [1.54, 1.807) is 6.20 Å². The van der Waals surface area contributed by atoms with Crippen LogP contribution >= 0.6 is 15.9 Å². The van der Waals surface area contributed by atoms with Gasteiger partial charge in [0.15, 0.2) is 0 Å². The Bertz CT molecular complexity index is 470. The Balaban J connectivity index is 2.33. The maximum absolute atomic E-state index is 13.3. The number of imidazole rings is 1. The van der Waals surface area contributed by atoms with Gasteiger partial charge in [0.05, 0.1) is 10.2 Å². The molecule has 6 heteroatoms. The summed E-state index contributed by atoms with van der Waals surface area (Å²) >= 11 is 2.89. The molecule has 0 atom stereocenters. The van der Waals surface area contributed by atoms with Crippen molar-refractivity contribution in [3.05, 3.63) is 40.6 Å². The van der Waals surface area contributed by atoms with Gasteiger partial charge in [-0.2, -0.15) is 0 Å². The van der Waals surface area contributed by atoms with Crippen molar-refractivity contribution in [3.63, 3.8) is 0 Å². The minimum Gasteiger partial charge on any atom is -0.331 e. The van der Waals surface area contributed by atoms with Crippen molar-refractivity contribution >= 4 is 27.6 Å². The normalized spacial score (nSPS) is 10.3. The topological polar surface area (TPSA) is 40.7 Å². The first-order chi connectivity index (χ1) is 7.16. The second-order valence-electron chi connectivity index (χ2n) is 2.81. The van der Waals surface area contributed by atoms with Gasteiger partial charge in [-0.15, -0.1) is 0 Å². The van der Waals surface area contributed by atoms with E-state index in [9.17, 15) is 8.78 Å². The third-order valence-electron chi connectivity index (χ3n) is 1.76. The lowest BCUT2D eigenvalue weighted by Gasteiger charge is -2.05. The zero-order chi connectivity index (χ0) is 10.8. The first-order valence-corrected chi connectivity index (χ1v) is 4.87. The van der Waals surface area contributed by atoms with Crippen LogP contribution in [-0.4, -0.2) is 9.97 Å². The Morgan fingerprint density at radius 3 is 2.73 bits per heavy atom. The van der Waals surface area contributed by atoms with Gasteiger partial charge in [-0.25, -0.2) is 13.8 Å². The van der Waals surface area contributed by atoms with Crippen LogP contribution in [0.1, 0.15) is 0 Å². The van der Waals surface area contributed by atoms with Crippen molar-refractivity contribution in [2.24, 2.45) is 0 Å². The average molecular weight is 274 g/mol. The van der Waals surface area contributed by atoms with Gasteiger partial charge in [-0.3, -0.25) is 0 Å². The van der Waals surface area contributed by atoms with Crippen LogP contribution in [-0.2, 0) is 0 Å². The highest BCUT2D eigenvalue weighted by atomic mass is 79.9. The highest BCUT2D eigenvalue weighted by molar-refractivity contribution is 9.10. The third-order valence-corrected chi connectivity index (χ3v) is 2.37. The maximum atomic E-state index is 13.3. The maximum Gasteiger partial charge on any atom is 0.204 e. The van der Waals surface area contributed by atoms with Gasteiger partial charge >= 0.3 is 0 Å². The van der Waals surface area contributed by atoms with Gasteiger partial charge in [0.25, 0.3) is 0 Å². The zero-order valence-corrected chi connectivity index (χ0v) is 8.98. The molecule has 0 bridgehead atoms. The van der Waals surface area contributed by atoms with Crippen LogP contribution in [0, 0.1) is 11.6 Å². The summed E-state index contributed by atoms with van der Waals surface area (Å²) in [6.07, 6.45) is 3.09. The van der Waals surface area contributed by atoms with E-state index in [2.05, 4.69) is 31.2 Å².